The average molecular weight is 140 g/mol. The molecule has 1 heteroatoms. The molecular weight excluding hydrogens is 124 g/mol. The molecule has 0 bridgehead atoms. The normalized spacial score (nSPS) is 35.7. The van der Waals surface area contributed by atoms with Crippen LogP contribution < -0.4 is 0 Å². The third kappa shape index (κ3) is 0.672. The Labute approximate surface area is 62.8 Å². The van der Waals surface area contributed by atoms with Crippen LogP contribution in [-0.4, -0.2) is 13.2 Å². The number of hydrogen-bond donors (Lipinski definition) is 0. The summed E-state index contributed by atoms with van der Waals surface area (Å²) in [5, 5.41) is 0. The van der Waals surface area contributed by atoms with E-state index in [1.165, 1.54) is 12.8 Å². The van der Waals surface area contributed by atoms with Gasteiger partial charge in [-0.05, 0) is 24.7 Å². The molecule has 1 atom stereocenters. The van der Waals surface area contributed by atoms with E-state index in [2.05, 4.69) is 13.8 Å². The predicted octanol–water partition coefficient (Wildman–Crippen LogP) is 2.07. The highest BCUT2D eigenvalue weighted by atomic mass is 16.5. The molecule has 0 amide bonds. The smallest absolute Gasteiger partial charge is 0.0547 e. The van der Waals surface area contributed by atoms with Crippen molar-refractivity contribution in [2.24, 2.45) is 17.3 Å². The third-order valence-corrected chi connectivity index (χ3v) is 3.32. The van der Waals surface area contributed by atoms with Crippen molar-refractivity contribution in [2.45, 2.75) is 26.7 Å². The lowest BCUT2D eigenvalue weighted by Gasteiger charge is -2.57. The molecule has 2 rings (SSSR count). The van der Waals surface area contributed by atoms with E-state index >= 15 is 0 Å². The van der Waals surface area contributed by atoms with Crippen molar-refractivity contribution in [3.05, 3.63) is 0 Å². The Balaban J connectivity index is 1.99. The molecule has 1 unspecified atom stereocenters. The van der Waals surface area contributed by atoms with E-state index in [1.807, 2.05) is 0 Å². The molecule has 2 fully saturated rings. The van der Waals surface area contributed by atoms with Crippen LogP contribution in [0.15, 0.2) is 0 Å². The molecule has 58 valence electrons. The van der Waals surface area contributed by atoms with Crippen LogP contribution in [0.3, 0.4) is 0 Å². The Hall–Kier alpha value is -0.0400. The van der Waals surface area contributed by atoms with Crippen LogP contribution in [0.1, 0.15) is 26.7 Å². The highest BCUT2D eigenvalue weighted by Gasteiger charge is 2.52. The predicted molar refractivity (Wildman–Crippen MR) is 40.8 cm³/mol. The van der Waals surface area contributed by atoms with Crippen molar-refractivity contribution < 1.29 is 4.74 Å². The summed E-state index contributed by atoms with van der Waals surface area (Å²) in [6.45, 7) is 6.78. The second kappa shape index (κ2) is 1.97. The van der Waals surface area contributed by atoms with E-state index < -0.39 is 0 Å². The first-order valence-electron chi connectivity index (χ1n) is 4.32. The fourth-order valence-corrected chi connectivity index (χ4v) is 2.48. The van der Waals surface area contributed by atoms with Crippen molar-refractivity contribution in [3.8, 4) is 0 Å². The molecule has 0 aromatic rings. The molecule has 0 aromatic carbocycles. The summed E-state index contributed by atoms with van der Waals surface area (Å²) >= 11 is 0. The zero-order chi connectivity index (χ0) is 7.19. The standard InChI is InChI=1S/C9H16O/c1-7(2)8-3-4-9(8)5-10-6-9/h7-8H,3-6H2,1-2H3. The van der Waals surface area contributed by atoms with Gasteiger partial charge in [0.15, 0.2) is 0 Å². The maximum absolute atomic E-state index is 5.26. The third-order valence-electron chi connectivity index (χ3n) is 3.32. The molecule has 1 saturated carbocycles. The quantitative estimate of drug-likeness (QED) is 0.541. The van der Waals surface area contributed by atoms with Gasteiger partial charge in [0.05, 0.1) is 13.2 Å². The van der Waals surface area contributed by atoms with Gasteiger partial charge in [0, 0.05) is 5.41 Å². The molecule has 10 heavy (non-hydrogen) atoms. The molecule has 0 radical (unpaired) electrons. The summed E-state index contributed by atoms with van der Waals surface area (Å²) in [5.74, 6) is 1.85. The first-order valence-corrected chi connectivity index (χ1v) is 4.32. The molecule has 0 aromatic heterocycles. The summed E-state index contributed by atoms with van der Waals surface area (Å²) in [7, 11) is 0. The van der Waals surface area contributed by atoms with E-state index in [1.54, 1.807) is 0 Å². The van der Waals surface area contributed by atoms with Gasteiger partial charge in [0.1, 0.15) is 0 Å². The van der Waals surface area contributed by atoms with E-state index in [0.29, 0.717) is 5.41 Å². The Morgan fingerprint density at radius 1 is 1.40 bits per heavy atom. The Morgan fingerprint density at radius 2 is 2.10 bits per heavy atom. The molecule has 2 aliphatic rings. The lowest BCUT2D eigenvalue weighted by atomic mass is 9.55. The Bertz CT molecular complexity index is 130. The van der Waals surface area contributed by atoms with Crippen LogP contribution >= 0.6 is 0 Å². The maximum Gasteiger partial charge on any atom is 0.0547 e. The van der Waals surface area contributed by atoms with Crippen molar-refractivity contribution in [2.75, 3.05) is 13.2 Å². The zero-order valence-electron chi connectivity index (χ0n) is 6.89. The van der Waals surface area contributed by atoms with Crippen LogP contribution in [0.25, 0.3) is 0 Å². The van der Waals surface area contributed by atoms with Gasteiger partial charge in [-0.1, -0.05) is 13.8 Å². The maximum atomic E-state index is 5.26. The van der Waals surface area contributed by atoms with Gasteiger partial charge >= 0.3 is 0 Å². The second-order valence-corrected chi connectivity index (χ2v) is 4.24. The van der Waals surface area contributed by atoms with Crippen molar-refractivity contribution >= 4 is 0 Å². The Morgan fingerprint density at radius 3 is 2.20 bits per heavy atom. The van der Waals surface area contributed by atoms with E-state index in [0.717, 1.165) is 25.0 Å². The summed E-state index contributed by atoms with van der Waals surface area (Å²) in [5.41, 5.74) is 0.661. The van der Waals surface area contributed by atoms with Gasteiger partial charge in [0.2, 0.25) is 0 Å². The molecule has 0 N–H and O–H groups in total. The van der Waals surface area contributed by atoms with Gasteiger partial charge in [-0.15, -0.1) is 0 Å². The van der Waals surface area contributed by atoms with Gasteiger partial charge in [-0.3, -0.25) is 0 Å². The van der Waals surface area contributed by atoms with Crippen molar-refractivity contribution in [1.82, 2.24) is 0 Å². The van der Waals surface area contributed by atoms with Crippen LogP contribution in [0.4, 0.5) is 0 Å². The van der Waals surface area contributed by atoms with Crippen molar-refractivity contribution in [1.29, 1.82) is 0 Å². The van der Waals surface area contributed by atoms with Crippen molar-refractivity contribution in [3.63, 3.8) is 0 Å². The summed E-state index contributed by atoms with van der Waals surface area (Å²) in [6.07, 6.45) is 2.87. The molecule has 1 saturated heterocycles. The fourth-order valence-electron chi connectivity index (χ4n) is 2.48. The molecule has 1 heterocycles. The molecule has 1 aliphatic heterocycles. The van der Waals surface area contributed by atoms with Gasteiger partial charge in [-0.2, -0.15) is 0 Å². The van der Waals surface area contributed by atoms with E-state index in [9.17, 15) is 0 Å². The largest absolute Gasteiger partial charge is 0.380 e. The minimum atomic E-state index is 0.661. The monoisotopic (exact) mass is 140 g/mol. The lowest BCUT2D eigenvalue weighted by Crippen LogP contribution is -2.56. The van der Waals surface area contributed by atoms with Gasteiger partial charge in [-0.25, -0.2) is 0 Å². The summed E-state index contributed by atoms with van der Waals surface area (Å²) < 4.78 is 5.26. The van der Waals surface area contributed by atoms with Crippen LogP contribution in [0, 0.1) is 17.3 Å². The first-order chi connectivity index (χ1) is 4.75. The second-order valence-electron chi connectivity index (χ2n) is 4.24. The minimum absolute atomic E-state index is 0.661. The highest BCUT2D eigenvalue weighted by Crippen LogP contribution is 2.54. The topological polar surface area (TPSA) is 9.23 Å². The fraction of sp³-hybridized carbons (Fsp3) is 1.00. The molecular formula is C9H16O. The molecule has 1 spiro atoms. The summed E-state index contributed by atoms with van der Waals surface area (Å²) in [6, 6.07) is 0. The minimum Gasteiger partial charge on any atom is -0.380 e. The van der Waals surface area contributed by atoms with Crippen LogP contribution in [0.2, 0.25) is 0 Å². The average Bonchev–Trinajstić information content (AvgIpc) is 1.53. The highest BCUT2D eigenvalue weighted by molar-refractivity contribution is 5.00. The first kappa shape index (κ1) is 6.66. The number of rotatable bonds is 1. The van der Waals surface area contributed by atoms with Crippen LogP contribution in [-0.2, 0) is 4.74 Å². The summed E-state index contributed by atoms with van der Waals surface area (Å²) in [4.78, 5) is 0. The lowest BCUT2D eigenvalue weighted by molar-refractivity contribution is -0.205. The molecule has 1 nitrogen and oxygen atoms in total. The van der Waals surface area contributed by atoms with Crippen LogP contribution in [0.5, 0.6) is 0 Å². The number of hydrogen-bond acceptors (Lipinski definition) is 1. The van der Waals surface area contributed by atoms with Gasteiger partial charge in [0.25, 0.3) is 0 Å². The number of ether oxygens (including phenoxy) is 1. The van der Waals surface area contributed by atoms with E-state index in [-0.39, 0.29) is 0 Å². The SMILES string of the molecule is CC(C)C1CCC12COC2. The van der Waals surface area contributed by atoms with Gasteiger partial charge < -0.3 is 4.74 Å². The zero-order valence-corrected chi connectivity index (χ0v) is 6.89. The Kier molecular flexibility index (Phi) is 1.31. The molecule has 1 aliphatic carbocycles. The van der Waals surface area contributed by atoms with E-state index in [4.69, 9.17) is 4.74 Å².